The standard InChI is InChI=1S/C8H12Cl2O2/c1-2-3-8(10)6(4-9)5-12-7(8)11/h6H,2-5H2,1H3. The Morgan fingerprint density at radius 3 is 2.92 bits per heavy atom. The van der Waals surface area contributed by atoms with Crippen LogP contribution in [0, 0.1) is 5.92 Å². The van der Waals surface area contributed by atoms with E-state index in [1.54, 1.807) is 0 Å². The predicted octanol–water partition coefficient (Wildman–Crippen LogP) is 2.18. The summed E-state index contributed by atoms with van der Waals surface area (Å²) in [6.07, 6.45) is 1.51. The molecule has 2 unspecified atom stereocenters. The first-order chi connectivity index (χ1) is 5.65. The van der Waals surface area contributed by atoms with Gasteiger partial charge in [-0.3, -0.25) is 4.79 Å². The lowest BCUT2D eigenvalue weighted by molar-refractivity contribution is -0.140. The molecular formula is C8H12Cl2O2. The Hall–Kier alpha value is 0.0500. The summed E-state index contributed by atoms with van der Waals surface area (Å²) >= 11 is 11.8. The topological polar surface area (TPSA) is 26.3 Å². The van der Waals surface area contributed by atoms with Gasteiger partial charge in [-0.2, -0.15) is 0 Å². The summed E-state index contributed by atoms with van der Waals surface area (Å²) in [6, 6.07) is 0. The highest BCUT2D eigenvalue weighted by Gasteiger charge is 2.49. The molecule has 0 amide bonds. The van der Waals surface area contributed by atoms with E-state index in [0.717, 1.165) is 6.42 Å². The minimum absolute atomic E-state index is 0.0340. The molecule has 1 fully saturated rings. The summed E-state index contributed by atoms with van der Waals surface area (Å²) in [5, 5.41) is 0. The molecule has 0 bridgehead atoms. The molecule has 0 saturated carbocycles. The zero-order valence-corrected chi connectivity index (χ0v) is 8.49. The molecule has 0 radical (unpaired) electrons. The van der Waals surface area contributed by atoms with Crippen molar-refractivity contribution in [2.45, 2.75) is 24.6 Å². The van der Waals surface area contributed by atoms with E-state index in [4.69, 9.17) is 27.9 Å². The van der Waals surface area contributed by atoms with Crippen molar-refractivity contribution in [1.29, 1.82) is 0 Å². The second-order valence-corrected chi connectivity index (χ2v) is 4.05. The number of carbonyl (C=O) groups excluding carboxylic acids is 1. The Morgan fingerprint density at radius 2 is 2.42 bits per heavy atom. The molecule has 0 N–H and O–H groups in total. The van der Waals surface area contributed by atoms with Crippen molar-refractivity contribution in [3.63, 3.8) is 0 Å². The van der Waals surface area contributed by atoms with Gasteiger partial charge in [0.1, 0.15) is 4.87 Å². The van der Waals surface area contributed by atoms with Crippen molar-refractivity contribution in [1.82, 2.24) is 0 Å². The normalized spacial score (nSPS) is 35.2. The van der Waals surface area contributed by atoms with Crippen molar-refractivity contribution in [3.05, 3.63) is 0 Å². The van der Waals surface area contributed by atoms with Crippen LogP contribution in [0.4, 0.5) is 0 Å². The van der Waals surface area contributed by atoms with Gasteiger partial charge in [0, 0.05) is 11.8 Å². The van der Waals surface area contributed by atoms with E-state index in [2.05, 4.69) is 0 Å². The third-order valence-electron chi connectivity index (χ3n) is 2.20. The lowest BCUT2D eigenvalue weighted by Crippen LogP contribution is -2.35. The average Bonchev–Trinajstić information content (AvgIpc) is 2.30. The van der Waals surface area contributed by atoms with Gasteiger partial charge in [-0.05, 0) is 6.42 Å². The highest BCUT2D eigenvalue weighted by molar-refractivity contribution is 6.35. The number of esters is 1. The molecule has 4 heteroatoms. The third-order valence-corrected chi connectivity index (χ3v) is 3.23. The van der Waals surface area contributed by atoms with E-state index in [9.17, 15) is 4.79 Å². The molecular weight excluding hydrogens is 199 g/mol. The molecule has 0 aromatic carbocycles. The number of cyclic esters (lactones) is 1. The molecule has 1 heterocycles. The first-order valence-electron chi connectivity index (χ1n) is 4.07. The SMILES string of the molecule is CCCC1(Cl)C(=O)OCC1CCl. The Kier molecular flexibility index (Phi) is 3.24. The Labute approximate surface area is 82.2 Å². The van der Waals surface area contributed by atoms with E-state index in [-0.39, 0.29) is 11.9 Å². The number of hydrogen-bond acceptors (Lipinski definition) is 2. The highest BCUT2D eigenvalue weighted by atomic mass is 35.5. The lowest BCUT2D eigenvalue weighted by atomic mass is 9.92. The van der Waals surface area contributed by atoms with Crippen LogP contribution >= 0.6 is 23.2 Å². The van der Waals surface area contributed by atoms with Gasteiger partial charge in [0.25, 0.3) is 0 Å². The van der Waals surface area contributed by atoms with Gasteiger partial charge in [0.2, 0.25) is 0 Å². The van der Waals surface area contributed by atoms with E-state index in [0.29, 0.717) is 18.9 Å². The maximum absolute atomic E-state index is 11.2. The molecule has 0 aromatic heterocycles. The first-order valence-corrected chi connectivity index (χ1v) is 4.98. The molecule has 2 atom stereocenters. The van der Waals surface area contributed by atoms with Crippen molar-refractivity contribution in [3.8, 4) is 0 Å². The van der Waals surface area contributed by atoms with E-state index in [1.165, 1.54) is 0 Å². The number of ether oxygens (including phenoxy) is 1. The molecule has 0 aliphatic carbocycles. The van der Waals surface area contributed by atoms with Crippen LogP contribution in [0.5, 0.6) is 0 Å². The molecule has 2 nitrogen and oxygen atoms in total. The van der Waals surface area contributed by atoms with Gasteiger partial charge in [0.15, 0.2) is 0 Å². The molecule has 0 aromatic rings. The van der Waals surface area contributed by atoms with Gasteiger partial charge >= 0.3 is 5.97 Å². The van der Waals surface area contributed by atoms with Crippen LogP contribution in [0.1, 0.15) is 19.8 Å². The van der Waals surface area contributed by atoms with Crippen molar-refractivity contribution < 1.29 is 9.53 Å². The summed E-state index contributed by atoms with van der Waals surface area (Å²) in [7, 11) is 0. The summed E-state index contributed by atoms with van der Waals surface area (Å²) in [5.74, 6) is 0.0415. The van der Waals surface area contributed by atoms with E-state index >= 15 is 0 Å². The predicted molar refractivity (Wildman–Crippen MR) is 48.7 cm³/mol. The zero-order valence-electron chi connectivity index (χ0n) is 6.98. The summed E-state index contributed by atoms with van der Waals surface area (Å²) in [4.78, 5) is 10.4. The number of alkyl halides is 2. The van der Waals surface area contributed by atoms with Gasteiger partial charge in [-0.15, -0.1) is 23.2 Å². The molecule has 1 rings (SSSR count). The summed E-state index contributed by atoms with van der Waals surface area (Å²) in [6.45, 7) is 2.35. The molecule has 1 aliphatic rings. The minimum atomic E-state index is -0.851. The largest absolute Gasteiger partial charge is 0.464 e. The Morgan fingerprint density at radius 1 is 1.75 bits per heavy atom. The third kappa shape index (κ3) is 1.55. The molecule has 1 saturated heterocycles. The quantitative estimate of drug-likeness (QED) is 0.528. The smallest absolute Gasteiger partial charge is 0.327 e. The van der Waals surface area contributed by atoms with Crippen molar-refractivity contribution >= 4 is 29.2 Å². The fourth-order valence-electron chi connectivity index (χ4n) is 1.43. The fraction of sp³-hybridized carbons (Fsp3) is 0.875. The summed E-state index contributed by atoms with van der Waals surface area (Å²) < 4.78 is 4.87. The van der Waals surface area contributed by atoms with Crippen LogP contribution in [0.2, 0.25) is 0 Å². The van der Waals surface area contributed by atoms with Crippen LogP contribution in [-0.2, 0) is 9.53 Å². The fourth-order valence-corrected chi connectivity index (χ4v) is 2.25. The van der Waals surface area contributed by atoms with Crippen molar-refractivity contribution in [2.24, 2.45) is 5.92 Å². The second-order valence-electron chi connectivity index (χ2n) is 3.06. The Balaban J connectivity index is 2.73. The summed E-state index contributed by atoms with van der Waals surface area (Å²) in [5.41, 5.74) is 0. The number of rotatable bonds is 3. The molecule has 70 valence electrons. The van der Waals surface area contributed by atoms with Gasteiger partial charge in [-0.25, -0.2) is 0 Å². The van der Waals surface area contributed by atoms with Crippen LogP contribution in [0.25, 0.3) is 0 Å². The van der Waals surface area contributed by atoms with Gasteiger partial charge in [-0.1, -0.05) is 13.3 Å². The van der Waals surface area contributed by atoms with E-state index in [1.807, 2.05) is 6.92 Å². The van der Waals surface area contributed by atoms with Crippen LogP contribution < -0.4 is 0 Å². The zero-order chi connectivity index (χ0) is 9.19. The molecule has 0 spiro atoms. The lowest BCUT2D eigenvalue weighted by Gasteiger charge is -2.21. The van der Waals surface area contributed by atoms with Crippen LogP contribution in [0.3, 0.4) is 0 Å². The number of carbonyl (C=O) groups is 1. The maximum Gasteiger partial charge on any atom is 0.327 e. The average molecular weight is 211 g/mol. The maximum atomic E-state index is 11.2. The second kappa shape index (κ2) is 3.84. The minimum Gasteiger partial charge on any atom is -0.464 e. The van der Waals surface area contributed by atoms with Crippen molar-refractivity contribution in [2.75, 3.05) is 12.5 Å². The first kappa shape index (κ1) is 10.1. The van der Waals surface area contributed by atoms with Gasteiger partial charge in [0.05, 0.1) is 6.61 Å². The number of hydrogen-bond donors (Lipinski definition) is 0. The highest BCUT2D eigenvalue weighted by Crippen LogP contribution is 2.38. The van der Waals surface area contributed by atoms with Gasteiger partial charge < -0.3 is 4.74 Å². The number of halogens is 2. The monoisotopic (exact) mass is 210 g/mol. The molecule has 1 aliphatic heterocycles. The molecule has 12 heavy (non-hydrogen) atoms. The van der Waals surface area contributed by atoms with Crippen LogP contribution in [-0.4, -0.2) is 23.3 Å². The van der Waals surface area contributed by atoms with Crippen LogP contribution in [0.15, 0.2) is 0 Å². The van der Waals surface area contributed by atoms with E-state index < -0.39 is 4.87 Å². The Bertz CT molecular complexity index is 184.